The van der Waals surface area contributed by atoms with Crippen LogP contribution in [0.4, 0.5) is 8.78 Å². The van der Waals surface area contributed by atoms with Crippen molar-refractivity contribution in [1.29, 1.82) is 0 Å². The third kappa shape index (κ3) is 3.63. The Labute approximate surface area is 105 Å². The Balaban J connectivity index is 0.00000144. The molecule has 0 radical (unpaired) electrons. The lowest BCUT2D eigenvalue weighted by Crippen LogP contribution is -2.43. The quantitative estimate of drug-likeness (QED) is 0.856. The summed E-state index contributed by atoms with van der Waals surface area (Å²) < 4.78 is 25.7. The summed E-state index contributed by atoms with van der Waals surface area (Å²) in [6.07, 6.45) is 1.67. The lowest BCUT2D eigenvalue weighted by molar-refractivity contribution is 0.0108. The van der Waals surface area contributed by atoms with Gasteiger partial charge in [-0.2, -0.15) is 0 Å². The van der Waals surface area contributed by atoms with E-state index < -0.39 is 17.2 Å². The molecule has 1 fully saturated rings. The number of nitrogens with one attached hydrogen (secondary N) is 1. The first-order valence-corrected chi connectivity index (χ1v) is 5.46. The fraction of sp³-hybridized carbons (Fsp3) is 0.500. The van der Waals surface area contributed by atoms with Crippen molar-refractivity contribution in [1.82, 2.24) is 5.32 Å². The first-order valence-electron chi connectivity index (χ1n) is 5.46. The number of piperidine rings is 1. The van der Waals surface area contributed by atoms with Gasteiger partial charge in [-0.3, -0.25) is 0 Å². The molecule has 0 saturated carbocycles. The van der Waals surface area contributed by atoms with Crippen LogP contribution in [0.2, 0.25) is 0 Å². The summed E-state index contributed by atoms with van der Waals surface area (Å²) in [7, 11) is 0. The van der Waals surface area contributed by atoms with Crippen molar-refractivity contribution in [2.75, 3.05) is 13.1 Å². The van der Waals surface area contributed by atoms with Crippen molar-refractivity contribution < 1.29 is 13.9 Å². The zero-order valence-corrected chi connectivity index (χ0v) is 10.2. The second-order valence-electron chi connectivity index (χ2n) is 4.40. The number of benzene rings is 1. The van der Waals surface area contributed by atoms with Gasteiger partial charge in [0.05, 0.1) is 5.60 Å². The van der Waals surface area contributed by atoms with E-state index in [-0.39, 0.29) is 12.4 Å². The zero-order chi connectivity index (χ0) is 11.6. The van der Waals surface area contributed by atoms with E-state index in [4.69, 9.17) is 0 Å². The highest BCUT2D eigenvalue weighted by atomic mass is 35.5. The van der Waals surface area contributed by atoms with Crippen LogP contribution in [0.15, 0.2) is 18.2 Å². The van der Waals surface area contributed by atoms with Gasteiger partial charge in [-0.1, -0.05) is 6.07 Å². The van der Waals surface area contributed by atoms with E-state index in [0.29, 0.717) is 24.8 Å². The van der Waals surface area contributed by atoms with Gasteiger partial charge in [-0.05, 0) is 43.6 Å². The van der Waals surface area contributed by atoms with Crippen molar-refractivity contribution in [2.45, 2.75) is 24.9 Å². The van der Waals surface area contributed by atoms with E-state index in [2.05, 4.69) is 5.32 Å². The van der Waals surface area contributed by atoms with E-state index in [1.165, 1.54) is 6.07 Å². The molecule has 1 aliphatic rings. The molecule has 0 amide bonds. The van der Waals surface area contributed by atoms with Gasteiger partial charge in [0.15, 0.2) is 11.6 Å². The third-order valence-corrected chi connectivity index (χ3v) is 3.05. The van der Waals surface area contributed by atoms with Crippen LogP contribution in [0, 0.1) is 11.6 Å². The number of halogens is 3. The molecular weight excluding hydrogens is 248 g/mol. The molecule has 1 saturated heterocycles. The largest absolute Gasteiger partial charge is 0.389 e. The van der Waals surface area contributed by atoms with Gasteiger partial charge >= 0.3 is 0 Å². The van der Waals surface area contributed by atoms with Gasteiger partial charge in [-0.25, -0.2) is 8.78 Å². The SMILES string of the molecule is Cl.OC1(Cc2ccc(F)c(F)c2)CCNCC1. The summed E-state index contributed by atoms with van der Waals surface area (Å²) in [5.41, 5.74) is -0.140. The Bertz CT molecular complexity index is 381. The second-order valence-corrected chi connectivity index (χ2v) is 4.40. The van der Waals surface area contributed by atoms with E-state index in [0.717, 1.165) is 25.2 Å². The highest BCUT2D eigenvalue weighted by molar-refractivity contribution is 5.85. The predicted octanol–water partition coefficient (Wildman–Crippen LogP) is 2.04. The van der Waals surface area contributed by atoms with Crippen LogP contribution in [-0.2, 0) is 6.42 Å². The summed E-state index contributed by atoms with van der Waals surface area (Å²) in [5.74, 6) is -1.70. The maximum atomic E-state index is 13.0. The van der Waals surface area contributed by atoms with Gasteiger partial charge in [0.2, 0.25) is 0 Å². The van der Waals surface area contributed by atoms with Crippen molar-refractivity contribution in [3.05, 3.63) is 35.4 Å². The molecule has 2 nitrogen and oxygen atoms in total. The fourth-order valence-electron chi connectivity index (χ4n) is 2.10. The van der Waals surface area contributed by atoms with E-state index in [1.54, 1.807) is 0 Å². The predicted molar refractivity (Wildman–Crippen MR) is 64.4 cm³/mol. The van der Waals surface area contributed by atoms with Crippen molar-refractivity contribution in [2.24, 2.45) is 0 Å². The lowest BCUT2D eigenvalue weighted by atomic mass is 9.86. The number of hydrogen-bond acceptors (Lipinski definition) is 2. The van der Waals surface area contributed by atoms with Crippen molar-refractivity contribution in [3.63, 3.8) is 0 Å². The normalized spacial score (nSPS) is 18.5. The fourth-order valence-corrected chi connectivity index (χ4v) is 2.10. The highest BCUT2D eigenvalue weighted by Gasteiger charge is 2.29. The minimum atomic E-state index is -0.852. The molecule has 2 rings (SSSR count). The van der Waals surface area contributed by atoms with Crippen molar-refractivity contribution >= 4 is 12.4 Å². The zero-order valence-electron chi connectivity index (χ0n) is 9.38. The smallest absolute Gasteiger partial charge is 0.159 e. The van der Waals surface area contributed by atoms with Gasteiger partial charge in [0.25, 0.3) is 0 Å². The third-order valence-electron chi connectivity index (χ3n) is 3.05. The molecule has 2 N–H and O–H groups in total. The summed E-state index contributed by atoms with van der Waals surface area (Å²) in [6.45, 7) is 1.53. The van der Waals surface area contributed by atoms with Crippen LogP contribution in [0.1, 0.15) is 18.4 Å². The maximum Gasteiger partial charge on any atom is 0.159 e. The van der Waals surface area contributed by atoms with Gasteiger partial charge in [-0.15, -0.1) is 12.4 Å². The molecule has 1 aromatic rings. The molecule has 1 aliphatic heterocycles. The Kier molecular flexibility index (Phi) is 4.86. The van der Waals surface area contributed by atoms with Crippen LogP contribution in [-0.4, -0.2) is 23.8 Å². The number of rotatable bonds is 2. The Morgan fingerprint density at radius 1 is 1.18 bits per heavy atom. The van der Waals surface area contributed by atoms with Crippen LogP contribution >= 0.6 is 12.4 Å². The van der Waals surface area contributed by atoms with E-state index >= 15 is 0 Å². The van der Waals surface area contributed by atoms with Crippen LogP contribution in [0.25, 0.3) is 0 Å². The molecule has 1 aromatic carbocycles. The Morgan fingerprint density at radius 2 is 1.82 bits per heavy atom. The van der Waals surface area contributed by atoms with Crippen molar-refractivity contribution in [3.8, 4) is 0 Å². The summed E-state index contributed by atoms with van der Waals surface area (Å²) in [6, 6.07) is 3.79. The Hall–Kier alpha value is -0.710. The monoisotopic (exact) mass is 263 g/mol. The summed E-state index contributed by atoms with van der Waals surface area (Å²) in [4.78, 5) is 0. The van der Waals surface area contributed by atoms with Gasteiger partial charge in [0, 0.05) is 6.42 Å². The maximum absolute atomic E-state index is 13.0. The molecular formula is C12H16ClF2NO. The molecule has 5 heteroatoms. The standard InChI is InChI=1S/C12H15F2NO.ClH/c13-10-2-1-9(7-11(10)14)8-12(16)3-5-15-6-4-12;/h1-2,7,15-16H,3-6,8H2;1H. The van der Waals surface area contributed by atoms with E-state index in [9.17, 15) is 13.9 Å². The molecule has 0 unspecified atom stereocenters. The minimum Gasteiger partial charge on any atom is -0.389 e. The molecule has 17 heavy (non-hydrogen) atoms. The number of hydrogen-bond donors (Lipinski definition) is 2. The topological polar surface area (TPSA) is 32.3 Å². The van der Waals surface area contributed by atoms with Crippen LogP contribution in [0.3, 0.4) is 0 Å². The number of aliphatic hydroxyl groups is 1. The average Bonchev–Trinajstić information content (AvgIpc) is 2.24. The summed E-state index contributed by atoms with van der Waals surface area (Å²) in [5, 5.41) is 13.4. The molecule has 96 valence electrons. The molecule has 0 aliphatic carbocycles. The average molecular weight is 264 g/mol. The highest BCUT2D eigenvalue weighted by Crippen LogP contribution is 2.23. The van der Waals surface area contributed by atoms with Crippen LogP contribution < -0.4 is 5.32 Å². The first kappa shape index (κ1) is 14.4. The first-order chi connectivity index (χ1) is 7.59. The molecule has 1 heterocycles. The molecule has 0 atom stereocenters. The van der Waals surface area contributed by atoms with Gasteiger partial charge < -0.3 is 10.4 Å². The lowest BCUT2D eigenvalue weighted by Gasteiger charge is -2.32. The molecule has 0 aromatic heterocycles. The summed E-state index contributed by atoms with van der Waals surface area (Å²) >= 11 is 0. The minimum absolute atomic E-state index is 0. The Morgan fingerprint density at radius 3 is 2.41 bits per heavy atom. The van der Waals surface area contributed by atoms with Crippen LogP contribution in [0.5, 0.6) is 0 Å². The van der Waals surface area contributed by atoms with Gasteiger partial charge in [0.1, 0.15) is 0 Å². The second kappa shape index (κ2) is 5.76. The molecule has 0 bridgehead atoms. The van der Waals surface area contributed by atoms with E-state index in [1.807, 2.05) is 0 Å². The molecule has 0 spiro atoms.